The summed E-state index contributed by atoms with van der Waals surface area (Å²) >= 11 is 13.3. The quantitative estimate of drug-likeness (QED) is 0.231. The van der Waals surface area contributed by atoms with E-state index in [1.807, 2.05) is 24.3 Å². The van der Waals surface area contributed by atoms with Crippen molar-refractivity contribution in [3.05, 3.63) is 88.4 Å². The van der Waals surface area contributed by atoms with E-state index in [9.17, 15) is 10.1 Å². The van der Waals surface area contributed by atoms with Crippen molar-refractivity contribution in [3.8, 4) is 40.0 Å². The van der Waals surface area contributed by atoms with E-state index >= 15 is 0 Å². The zero-order chi connectivity index (χ0) is 26.4. The fourth-order valence-electron chi connectivity index (χ4n) is 3.63. The first-order valence-electron chi connectivity index (χ1n) is 11.0. The van der Waals surface area contributed by atoms with Crippen molar-refractivity contribution in [1.29, 1.82) is 5.26 Å². The van der Waals surface area contributed by atoms with Gasteiger partial charge in [-0.2, -0.15) is 5.26 Å². The van der Waals surface area contributed by atoms with Crippen molar-refractivity contribution in [3.63, 3.8) is 0 Å². The summed E-state index contributed by atoms with van der Waals surface area (Å²) in [7, 11) is 3.12. The van der Waals surface area contributed by atoms with Crippen molar-refractivity contribution >= 4 is 46.6 Å². The lowest BCUT2D eigenvalue weighted by Gasteiger charge is -2.14. The summed E-state index contributed by atoms with van der Waals surface area (Å²) in [6.45, 7) is 0. The Labute approximate surface area is 229 Å². The molecule has 0 aliphatic carbocycles. The van der Waals surface area contributed by atoms with Gasteiger partial charge < -0.3 is 14.8 Å². The van der Waals surface area contributed by atoms with Crippen LogP contribution in [0.25, 0.3) is 22.4 Å². The zero-order valence-electron chi connectivity index (χ0n) is 19.9. The highest BCUT2D eigenvalue weighted by atomic mass is 35.5. The van der Waals surface area contributed by atoms with Gasteiger partial charge in [0.2, 0.25) is 5.91 Å². The number of ether oxygens (including phenoxy) is 2. The standard InChI is InChI=1S/C28H21Cl2N3O3S/c1-35-25-11-8-18(12-26(25)36-2)22-14-24(17-6-9-19(29)10-7-17)33-28(23(22)15-31)37-16-27(34)32-21-5-3-4-20(30)13-21/h3-14H,16H2,1-2H3,(H,32,34). The summed E-state index contributed by atoms with van der Waals surface area (Å²) in [5.74, 6) is 0.902. The van der Waals surface area contributed by atoms with Crippen LogP contribution in [-0.4, -0.2) is 30.9 Å². The van der Waals surface area contributed by atoms with Crippen LogP contribution in [0.3, 0.4) is 0 Å². The van der Waals surface area contributed by atoms with Crippen molar-refractivity contribution in [2.45, 2.75) is 5.03 Å². The lowest BCUT2D eigenvalue weighted by atomic mass is 9.99. The predicted octanol–water partition coefficient (Wildman–Crippen LogP) is 7.34. The molecule has 3 aromatic carbocycles. The van der Waals surface area contributed by atoms with Gasteiger partial charge in [0.05, 0.1) is 31.2 Å². The van der Waals surface area contributed by atoms with E-state index in [1.54, 1.807) is 62.8 Å². The van der Waals surface area contributed by atoms with Crippen LogP contribution in [0.4, 0.5) is 5.69 Å². The van der Waals surface area contributed by atoms with E-state index in [0.717, 1.165) is 11.1 Å². The van der Waals surface area contributed by atoms with Crippen LogP contribution in [0, 0.1) is 11.3 Å². The normalized spacial score (nSPS) is 10.5. The maximum Gasteiger partial charge on any atom is 0.234 e. The number of hydrogen-bond acceptors (Lipinski definition) is 6. The van der Waals surface area contributed by atoms with Gasteiger partial charge in [0.1, 0.15) is 11.1 Å². The third kappa shape index (κ3) is 6.36. The second-order valence-electron chi connectivity index (χ2n) is 7.77. The van der Waals surface area contributed by atoms with Gasteiger partial charge in [-0.15, -0.1) is 0 Å². The molecule has 0 aliphatic rings. The Balaban J connectivity index is 1.74. The summed E-state index contributed by atoms with van der Waals surface area (Å²) in [6.07, 6.45) is 0. The number of nitrogens with zero attached hydrogens (tertiary/aromatic N) is 2. The molecular formula is C28H21Cl2N3O3S. The Morgan fingerprint density at radius 3 is 2.35 bits per heavy atom. The Bertz CT molecular complexity index is 1490. The molecule has 0 spiro atoms. The van der Waals surface area contributed by atoms with E-state index in [0.29, 0.717) is 49.1 Å². The third-order valence-electron chi connectivity index (χ3n) is 5.38. The topological polar surface area (TPSA) is 84.2 Å². The monoisotopic (exact) mass is 549 g/mol. The third-order valence-corrected chi connectivity index (χ3v) is 6.84. The molecule has 1 amide bonds. The number of thioether (sulfide) groups is 1. The highest BCUT2D eigenvalue weighted by Gasteiger charge is 2.18. The average molecular weight is 550 g/mol. The number of carbonyl (C=O) groups excluding carboxylic acids is 1. The van der Waals surface area contributed by atoms with E-state index in [1.165, 1.54) is 11.8 Å². The minimum atomic E-state index is -0.248. The first-order valence-corrected chi connectivity index (χ1v) is 12.8. The van der Waals surface area contributed by atoms with Crippen LogP contribution in [0.15, 0.2) is 77.8 Å². The van der Waals surface area contributed by atoms with Gasteiger partial charge in [-0.05, 0) is 54.1 Å². The Hall–Kier alpha value is -3.70. The molecule has 1 heterocycles. The summed E-state index contributed by atoms with van der Waals surface area (Å²) in [6, 6.07) is 23.7. The fraction of sp³-hybridized carbons (Fsp3) is 0.107. The minimum Gasteiger partial charge on any atom is -0.493 e. The van der Waals surface area contributed by atoms with Crippen LogP contribution in [-0.2, 0) is 4.79 Å². The number of anilines is 1. The molecule has 9 heteroatoms. The summed E-state index contributed by atoms with van der Waals surface area (Å²) in [5.41, 5.74) is 3.80. The molecule has 4 aromatic rings. The smallest absolute Gasteiger partial charge is 0.234 e. The molecule has 0 atom stereocenters. The molecule has 4 rings (SSSR count). The van der Waals surface area contributed by atoms with Gasteiger partial charge in [0.25, 0.3) is 0 Å². The predicted molar refractivity (Wildman–Crippen MR) is 149 cm³/mol. The number of carbonyl (C=O) groups is 1. The van der Waals surface area contributed by atoms with Gasteiger partial charge in [-0.25, -0.2) is 4.98 Å². The van der Waals surface area contributed by atoms with Crippen molar-refractivity contribution in [1.82, 2.24) is 4.98 Å². The molecule has 6 nitrogen and oxygen atoms in total. The minimum absolute atomic E-state index is 0.0453. The van der Waals surface area contributed by atoms with Gasteiger partial charge in [-0.1, -0.05) is 59.2 Å². The Morgan fingerprint density at radius 1 is 0.946 bits per heavy atom. The first-order chi connectivity index (χ1) is 17.9. The highest BCUT2D eigenvalue weighted by Crippen LogP contribution is 2.38. The molecule has 0 saturated carbocycles. The number of aromatic nitrogens is 1. The molecule has 0 aliphatic heterocycles. The molecule has 37 heavy (non-hydrogen) atoms. The molecule has 0 saturated heterocycles. The summed E-state index contributed by atoms with van der Waals surface area (Å²) < 4.78 is 10.8. The van der Waals surface area contributed by atoms with Crippen LogP contribution in [0.1, 0.15) is 5.56 Å². The number of benzene rings is 3. The molecule has 1 N–H and O–H groups in total. The SMILES string of the molecule is COc1ccc(-c2cc(-c3ccc(Cl)cc3)nc(SCC(=O)Nc3cccc(Cl)c3)c2C#N)cc1OC. The second kappa shape index (κ2) is 12.0. The Kier molecular flexibility index (Phi) is 8.57. The number of nitriles is 1. The highest BCUT2D eigenvalue weighted by molar-refractivity contribution is 8.00. The first kappa shape index (κ1) is 26.4. The van der Waals surface area contributed by atoms with Crippen LogP contribution >= 0.6 is 35.0 Å². The summed E-state index contributed by atoms with van der Waals surface area (Å²) in [5, 5.41) is 14.5. The van der Waals surface area contributed by atoms with Crippen LogP contribution in [0.2, 0.25) is 10.0 Å². The van der Waals surface area contributed by atoms with Crippen molar-refractivity contribution in [2.24, 2.45) is 0 Å². The van der Waals surface area contributed by atoms with E-state index in [4.69, 9.17) is 37.7 Å². The van der Waals surface area contributed by atoms with Crippen molar-refractivity contribution in [2.75, 3.05) is 25.3 Å². The van der Waals surface area contributed by atoms with Crippen LogP contribution in [0.5, 0.6) is 11.5 Å². The number of halogens is 2. The number of hydrogen-bond donors (Lipinski definition) is 1. The number of methoxy groups -OCH3 is 2. The summed E-state index contributed by atoms with van der Waals surface area (Å²) in [4.78, 5) is 17.4. The number of rotatable bonds is 8. The molecule has 186 valence electrons. The number of nitrogens with one attached hydrogen (secondary N) is 1. The van der Waals surface area contributed by atoms with E-state index in [-0.39, 0.29) is 11.7 Å². The fourth-order valence-corrected chi connectivity index (χ4v) is 4.75. The van der Waals surface area contributed by atoms with Crippen LogP contribution < -0.4 is 14.8 Å². The lowest BCUT2D eigenvalue weighted by molar-refractivity contribution is -0.113. The average Bonchev–Trinajstić information content (AvgIpc) is 2.91. The number of amides is 1. The maximum absolute atomic E-state index is 12.7. The van der Waals surface area contributed by atoms with Gasteiger partial charge in [-0.3, -0.25) is 4.79 Å². The molecule has 0 bridgehead atoms. The zero-order valence-corrected chi connectivity index (χ0v) is 22.2. The molecule has 0 unspecified atom stereocenters. The molecular weight excluding hydrogens is 529 g/mol. The van der Waals surface area contributed by atoms with E-state index < -0.39 is 0 Å². The molecule has 0 fully saturated rings. The molecule has 1 aromatic heterocycles. The largest absolute Gasteiger partial charge is 0.493 e. The maximum atomic E-state index is 12.7. The van der Waals surface area contributed by atoms with Gasteiger partial charge in [0, 0.05) is 26.9 Å². The second-order valence-corrected chi connectivity index (χ2v) is 9.61. The van der Waals surface area contributed by atoms with E-state index in [2.05, 4.69) is 11.4 Å². The molecule has 0 radical (unpaired) electrons. The van der Waals surface area contributed by atoms with Gasteiger partial charge >= 0.3 is 0 Å². The lowest BCUT2D eigenvalue weighted by Crippen LogP contribution is -2.14. The van der Waals surface area contributed by atoms with Crippen molar-refractivity contribution < 1.29 is 14.3 Å². The Morgan fingerprint density at radius 2 is 1.68 bits per heavy atom. The number of pyridine rings is 1. The van der Waals surface area contributed by atoms with Gasteiger partial charge in [0.15, 0.2) is 11.5 Å².